The van der Waals surface area contributed by atoms with E-state index >= 15 is 0 Å². The summed E-state index contributed by atoms with van der Waals surface area (Å²) in [5.41, 5.74) is 0. The number of hydrogen-bond donors (Lipinski definition) is 1. The van der Waals surface area contributed by atoms with Crippen LogP contribution in [0.15, 0.2) is 0 Å². The molecule has 0 atom stereocenters. The molecule has 0 saturated carbocycles. The van der Waals surface area contributed by atoms with Gasteiger partial charge >= 0.3 is 0 Å². The molecule has 0 saturated heterocycles. The summed E-state index contributed by atoms with van der Waals surface area (Å²) in [4.78, 5) is 9.70. The molecule has 0 fully saturated rings. The molecule has 0 heterocycles. The molecule has 1 N–H and O–H groups in total. The van der Waals surface area contributed by atoms with E-state index < -0.39 is 0 Å². The van der Waals surface area contributed by atoms with Crippen LogP contribution in [0, 0.1) is 0 Å². The normalized spacial score (nSPS) is 5.67. The van der Waals surface area contributed by atoms with Crippen molar-refractivity contribution in [3.63, 3.8) is 0 Å². The minimum absolute atomic E-state index is 0. The Morgan fingerprint density at radius 1 is 1.67 bits per heavy atom. The van der Waals surface area contributed by atoms with Crippen molar-refractivity contribution < 1.29 is 37.5 Å². The van der Waals surface area contributed by atoms with E-state index in [0.717, 1.165) is 0 Å². The number of carbonyl (C=O) groups is 1. The van der Waals surface area contributed by atoms with Crippen LogP contribution in [0.2, 0.25) is 0 Å². The summed E-state index contributed by atoms with van der Waals surface area (Å²) in [6, 6.07) is 0. The van der Waals surface area contributed by atoms with E-state index in [4.69, 9.17) is 0 Å². The first-order chi connectivity index (χ1) is 2.27. The van der Waals surface area contributed by atoms with Gasteiger partial charge in [0.25, 0.3) is 0 Å². The van der Waals surface area contributed by atoms with E-state index in [9.17, 15) is 4.79 Å². The van der Waals surface area contributed by atoms with Crippen LogP contribution in [0.5, 0.6) is 0 Å². The van der Waals surface area contributed by atoms with Crippen LogP contribution in [-0.2, 0) is 37.5 Å². The van der Waals surface area contributed by atoms with Gasteiger partial charge in [-0.25, -0.2) is 0 Å². The zero-order valence-electron chi connectivity index (χ0n) is 3.99. The molecule has 6 heavy (non-hydrogen) atoms. The SMILES string of the molecule is CNC(C)=O.[Y]. The van der Waals surface area contributed by atoms with E-state index in [1.807, 2.05) is 0 Å². The average Bonchev–Trinajstić information content (AvgIpc) is 1.38. The van der Waals surface area contributed by atoms with Crippen LogP contribution in [0.25, 0.3) is 0 Å². The van der Waals surface area contributed by atoms with Gasteiger partial charge in [0, 0.05) is 46.7 Å². The largest absolute Gasteiger partial charge is 0.359 e. The number of hydrogen-bond acceptors (Lipinski definition) is 1. The van der Waals surface area contributed by atoms with Crippen molar-refractivity contribution in [2.75, 3.05) is 7.05 Å². The molecule has 0 bridgehead atoms. The minimum Gasteiger partial charge on any atom is -0.359 e. The van der Waals surface area contributed by atoms with Crippen LogP contribution in [0.1, 0.15) is 6.92 Å². The topological polar surface area (TPSA) is 29.1 Å². The van der Waals surface area contributed by atoms with E-state index in [0.29, 0.717) is 0 Å². The third-order valence-corrected chi connectivity index (χ3v) is 0.352. The fourth-order valence-corrected chi connectivity index (χ4v) is 0. The zero-order chi connectivity index (χ0) is 4.28. The van der Waals surface area contributed by atoms with Crippen LogP contribution in [0.4, 0.5) is 0 Å². The van der Waals surface area contributed by atoms with Crippen molar-refractivity contribution in [3.8, 4) is 0 Å². The Bertz CT molecular complexity index is 46.1. The Labute approximate surface area is 62.6 Å². The Morgan fingerprint density at radius 2 is 1.83 bits per heavy atom. The number of nitrogens with one attached hydrogen (secondary N) is 1. The van der Waals surface area contributed by atoms with Crippen LogP contribution < -0.4 is 5.32 Å². The molecule has 3 heteroatoms. The standard InChI is InChI=1S/C3H7NO.Y/c1-3(5)4-2;/h1-2H3,(H,4,5);. The molecule has 0 spiro atoms. The molecule has 0 aromatic rings. The van der Waals surface area contributed by atoms with Gasteiger partial charge in [0.15, 0.2) is 0 Å². The third kappa shape index (κ3) is 8.82. The maximum absolute atomic E-state index is 9.70. The molecular weight excluding hydrogens is 155 g/mol. The summed E-state index contributed by atoms with van der Waals surface area (Å²) in [5, 5.41) is 2.39. The second-order valence-electron chi connectivity index (χ2n) is 0.806. The molecule has 0 rings (SSSR count). The fraction of sp³-hybridized carbons (Fsp3) is 0.667. The molecule has 0 aromatic carbocycles. The molecule has 0 unspecified atom stereocenters. The molecule has 2 nitrogen and oxygen atoms in total. The number of amides is 1. The number of rotatable bonds is 0. The molecule has 0 aliphatic carbocycles. The van der Waals surface area contributed by atoms with Gasteiger partial charge in [-0.2, -0.15) is 0 Å². The van der Waals surface area contributed by atoms with Gasteiger partial charge in [-0.15, -0.1) is 0 Å². The Kier molecular flexibility index (Phi) is 9.07. The summed E-state index contributed by atoms with van der Waals surface area (Å²) in [6.07, 6.45) is 0. The molecule has 1 amide bonds. The van der Waals surface area contributed by atoms with E-state index in [2.05, 4.69) is 5.32 Å². The summed E-state index contributed by atoms with van der Waals surface area (Å²) in [5.74, 6) is 0.00463. The Balaban J connectivity index is 0. The van der Waals surface area contributed by atoms with Crippen molar-refractivity contribution in [2.24, 2.45) is 0 Å². The van der Waals surface area contributed by atoms with Crippen LogP contribution >= 0.6 is 0 Å². The van der Waals surface area contributed by atoms with Gasteiger partial charge < -0.3 is 5.32 Å². The van der Waals surface area contributed by atoms with Crippen molar-refractivity contribution in [1.82, 2.24) is 5.32 Å². The quantitative estimate of drug-likeness (QED) is 0.522. The molecular formula is C3H7NOY. The second-order valence-corrected chi connectivity index (χ2v) is 0.806. The average molecular weight is 162 g/mol. The first kappa shape index (κ1) is 9.76. The van der Waals surface area contributed by atoms with Gasteiger partial charge in [-0.1, -0.05) is 0 Å². The monoisotopic (exact) mass is 162 g/mol. The van der Waals surface area contributed by atoms with Crippen molar-refractivity contribution in [2.45, 2.75) is 6.92 Å². The summed E-state index contributed by atoms with van der Waals surface area (Å²) in [7, 11) is 1.60. The molecule has 0 aromatic heterocycles. The van der Waals surface area contributed by atoms with E-state index in [-0.39, 0.29) is 38.6 Å². The van der Waals surface area contributed by atoms with Gasteiger partial charge in [-0.3, -0.25) is 4.79 Å². The fourth-order valence-electron chi connectivity index (χ4n) is 0. The summed E-state index contributed by atoms with van der Waals surface area (Å²) >= 11 is 0. The van der Waals surface area contributed by atoms with Gasteiger partial charge in [0.2, 0.25) is 5.91 Å². The maximum Gasteiger partial charge on any atom is 0.216 e. The molecule has 0 aliphatic rings. The van der Waals surface area contributed by atoms with Crippen LogP contribution in [0.3, 0.4) is 0 Å². The van der Waals surface area contributed by atoms with Crippen LogP contribution in [-0.4, -0.2) is 13.0 Å². The van der Waals surface area contributed by atoms with Crippen molar-refractivity contribution >= 4 is 5.91 Å². The first-order valence-corrected chi connectivity index (χ1v) is 1.45. The predicted molar refractivity (Wildman–Crippen MR) is 19.7 cm³/mol. The zero-order valence-corrected chi connectivity index (χ0v) is 6.82. The van der Waals surface area contributed by atoms with Gasteiger partial charge in [-0.05, 0) is 0 Å². The molecule has 1 radical (unpaired) electrons. The maximum atomic E-state index is 9.70. The predicted octanol–water partition coefficient (Wildman–Crippen LogP) is -0.250. The van der Waals surface area contributed by atoms with Gasteiger partial charge in [0.05, 0.1) is 0 Å². The van der Waals surface area contributed by atoms with Crippen molar-refractivity contribution in [3.05, 3.63) is 0 Å². The summed E-state index contributed by atoms with van der Waals surface area (Å²) in [6.45, 7) is 1.47. The summed E-state index contributed by atoms with van der Waals surface area (Å²) < 4.78 is 0. The molecule has 0 aliphatic heterocycles. The smallest absolute Gasteiger partial charge is 0.216 e. The van der Waals surface area contributed by atoms with Gasteiger partial charge in [0.1, 0.15) is 0 Å². The van der Waals surface area contributed by atoms with E-state index in [1.165, 1.54) is 6.92 Å². The second kappa shape index (κ2) is 5.57. The Morgan fingerprint density at radius 3 is 1.83 bits per heavy atom. The first-order valence-electron chi connectivity index (χ1n) is 1.45. The van der Waals surface area contributed by atoms with E-state index in [1.54, 1.807) is 7.05 Å². The number of carbonyl (C=O) groups excluding carboxylic acids is 1. The molecule has 33 valence electrons. The minimum atomic E-state index is 0. The third-order valence-electron chi connectivity index (χ3n) is 0.352. The Hall–Kier alpha value is 0.574. The van der Waals surface area contributed by atoms with Crippen molar-refractivity contribution in [1.29, 1.82) is 0 Å².